The molecular formula is C26H30N6O3. The monoisotopic (exact) mass is 474 g/mol. The minimum absolute atomic E-state index is 0.312. The summed E-state index contributed by atoms with van der Waals surface area (Å²) in [6.45, 7) is 8.47. The number of aromatic nitrogens is 2. The lowest BCUT2D eigenvalue weighted by atomic mass is 10.1. The van der Waals surface area contributed by atoms with Crippen LogP contribution in [-0.2, 0) is 11.3 Å². The molecule has 3 aromatic rings. The van der Waals surface area contributed by atoms with Gasteiger partial charge in [0.25, 0.3) is 0 Å². The maximum atomic E-state index is 5.51. The molecule has 9 nitrogen and oxygen atoms in total. The van der Waals surface area contributed by atoms with Crippen LogP contribution in [0, 0.1) is 0 Å². The zero-order valence-corrected chi connectivity index (χ0v) is 19.7. The van der Waals surface area contributed by atoms with Crippen LogP contribution < -0.4 is 24.6 Å². The molecule has 0 saturated carbocycles. The van der Waals surface area contributed by atoms with E-state index in [0.717, 1.165) is 87.8 Å². The zero-order valence-electron chi connectivity index (χ0n) is 19.7. The summed E-state index contributed by atoms with van der Waals surface area (Å²) in [6.07, 6.45) is 1.64. The van der Waals surface area contributed by atoms with Crippen molar-refractivity contribution in [3.8, 4) is 11.5 Å². The summed E-state index contributed by atoms with van der Waals surface area (Å²) in [5, 5.41) is 3.42. The van der Waals surface area contributed by atoms with Crippen LogP contribution in [0.5, 0.6) is 11.5 Å². The fourth-order valence-electron chi connectivity index (χ4n) is 4.75. The summed E-state index contributed by atoms with van der Waals surface area (Å²) < 4.78 is 16.4. The van der Waals surface area contributed by atoms with Gasteiger partial charge in [-0.1, -0.05) is 6.07 Å². The predicted molar refractivity (Wildman–Crippen MR) is 135 cm³/mol. The van der Waals surface area contributed by atoms with Crippen LogP contribution in [-0.4, -0.2) is 74.1 Å². The van der Waals surface area contributed by atoms with Crippen LogP contribution in [0.25, 0.3) is 0 Å². The second kappa shape index (κ2) is 9.97. The van der Waals surface area contributed by atoms with Crippen LogP contribution in [0.3, 0.4) is 0 Å². The average Bonchev–Trinajstić information content (AvgIpc) is 3.38. The Morgan fingerprint density at radius 2 is 1.57 bits per heavy atom. The van der Waals surface area contributed by atoms with E-state index in [0.29, 0.717) is 6.79 Å². The molecule has 0 unspecified atom stereocenters. The van der Waals surface area contributed by atoms with Crippen molar-refractivity contribution in [2.24, 2.45) is 0 Å². The number of nitrogens with one attached hydrogen (secondary N) is 1. The van der Waals surface area contributed by atoms with Gasteiger partial charge in [0.15, 0.2) is 11.5 Å². The van der Waals surface area contributed by atoms with Gasteiger partial charge in [-0.15, -0.1) is 0 Å². The molecule has 4 heterocycles. The summed E-state index contributed by atoms with van der Waals surface area (Å²) in [6, 6.07) is 16.7. The number of fused-ring (bicyclic) bond motifs is 1. The first-order valence-corrected chi connectivity index (χ1v) is 12.2. The summed E-state index contributed by atoms with van der Waals surface area (Å²) in [5.74, 6) is 3.43. The highest BCUT2D eigenvalue weighted by Gasteiger charge is 2.20. The molecule has 1 N–H and O–H groups in total. The Kier molecular flexibility index (Phi) is 6.25. The van der Waals surface area contributed by atoms with Crippen molar-refractivity contribution >= 4 is 23.0 Å². The Hall–Kier alpha value is -3.56. The summed E-state index contributed by atoms with van der Waals surface area (Å²) >= 11 is 0. The number of rotatable bonds is 6. The molecule has 2 aromatic carbocycles. The van der Waals surface area contributed by atoms with Crippen molar-refractivity contribution < 1.29 is 14.2 Å². The zero-order chi connectivity index (χ0) is 23.5. The molecule has 0 aliphatic carbocycles. The van der Waals surface area contributed by atoms with Crippen molar-refractivity contribution in [3.63, 3.8) is 0 Å². The number of anilines is 4. The number of nitrogens with zero attached hydrogens (tertiary/aromatic N) is 5. The summed E-state index contributed by atoms with van der Waals surface area (Å²) in [5.41, 5.74) is 3.48. The number of hydrogen-bond donors (Lipinski definition) is 1. The maximum Gasteiger partial charge on any atom is 0.231 e. The molecule has 3 aliphatic rings. The van der Waals surface area contributed by atoms with E-state index < -0.39 is 0 Å². The Morgan fingerprint density at radius 3 is 2.40 bits per heavy atom. The summed E-state index contributed by atoms with van der Waals surface area (Å²) in [7, 11) is 0. The molecule has 0 atom stereocenters. The van der Waals surface area contributed by atoms with Crippen LogP contribution in [0.4, 0.5) is 23.0 Å². The molecule has 6 rings (SSSR count). The average molecular weight is 475 g/mol. The Balaban J connectivity index is 1.04. The Morgan fingerprint density at radius 1 is 0.771 bits per heavy atom. The fourth-order valence-corrected chi connectivity index (χ4v) is 4.75. The standard InChI is InChI=1S/C26H30N6O3/c1-6-23-24(35-19-34-23)15-20(1)17-30-7-9-32(10-8-30)26-16-25(27-18-28-26)29-21-2-4-22(5-3-21)31-11-13-33-14-12-31/h1-6,15-16,18H,7-14,17,19H2,(H,27,28,29). The molecule has 1 aromatic heterocycles. The van der Waals surface area contributed by atoms with Gasteiger partial charge in [-0.2, -0.15) is 0 Å². The largest absolute Gasteiger partial charge is 0.454 e. The van der Waals surface area contributed by atoms with E-state index in [1.54, 1.807) is 6.33 Å². The molecule has 3 aliphatic heterocycles. The third-order valence-electron chi connectivity index (χ3n) is 6.71. The van der Waals surface area contributed by atoms with E-state index in [9.17, 15) is 0 Å². The smallest absolute Gasteiger partial charge is 0.231 e. The van der Waals surface area contributed by atoms with E-state index in [2.05, 4.69) is 66.4 Å². The van der Waals surface area contributed by atoms with Gasteiger partial charge in [0.1, 0.15) is 18.0 Å². The molecule has 0 radical (unpaired) electrons. The lowest BCUT2D eigenvalue weighted by Gasteiger charge is -2.35. The molecule has 0 bridgehead atoms. The van der Waals surface area contributed by atoms with Crippen LogP contribution in [0.1, 0.15) is 5.56 Å². The highest BCUT2D eigenvalue weighted by Crippen LogP contribution is 2.33. The summed E-state index contributed by atoms with van der Waals surface area (Å²) in [4.78, 5) is 16.1. The van der Waals surface area contributed by atoms with E-state index in [-0.39, 0.29) is 0 Å². The highest BCUT2D eigenvalue weighted by atomic mass is 16.7. The molecule has 182 valence electrons. The number of hydrogen-bond acceptors (Lipinski definition) is 9. The normalized spacial score (nSPS) is 18.1. The van der Waals surface area contributed by atoms with Crippen molar-refractivity contribution in [2.45, 2.75) is 6.54 Å². The lowest BCUT2D eigenvalue weighted by Crippen LogP contribution is -2.46. The first-order chi connectivity index (χ1) is 17.3. The van der Waals surface area contributed by atoms with Gasteiger partial charge in [-0.3, -0.25) is 4.90 Å². The number of benzene rings is 2. The van der Waals surface area contributed by atoms with Crippen LogP contribution >= 0.6 is 0 Å². The minimum atomic E-state index is 0.312. The Labute approximate surface area is 205 Å². The van der Waals surface area contributed by atoms with Gasteiger partial charge < -0.3 is 29.3 Å². The van der Waals surface area contributed by atoms with Crippen LogP contribution in [0.2, 0.25) is 0 Å². The van der Waals surface area contributed by atoms with Gasteiger partial charge in [-0.05, 0) is 42.0 Å². The van der Waals surface area contributed by atoms with Crippen molar-refractivity contribution in [1.82, 2.24) is 14.9 Å². The van der Waals surface area contributed by atoms with Gasteiger partial charge >= 0.3 is 0 Å². The third kappa shape index (κ3) is 5.11. The van der Waals surface area contributed by atoms with Crippen molar-refractivity contribution in [2.75, 3.05) is 74.4 Å². The molecule has 2 fully saturated rings. The topological polar surface area (TPSA) is 75.2 Å². The molecular weight excluding hydrogens is 444 g/mol. The molecule has 35 heavy (non-hydrogen) atoms. The van der Waals surface area contributed by atoms with Crippen molar-refractivity contribution in [3.05, 3.63) is 60.4 Å². The second-order valence-electron chi connectivity index (χ2n) is 8.98. The van der Waals surface area contributed by atoms with Gasteiger partial charge in [0.2, 0.25) is 6.79 Å². The highest BCUT2D eigenvalue weighted by molar-refractivity contribution is 5.62. The molecule has 0 spiro atoms. The van der Waals surface area contributed by atoms with Crippen molar-refractivity contribution in [1.29, 1.82) is 0 Å². The second-order valence-corrected chi connectivity index (χ2v) is 8.98. The third-order valence-corrected chi connectivity index (χ3v) is 6.71. The van der Waals surface area contributed by atoms with E-state index in [1.165, 1.54) is 11.3 Å². The minimum Gasteiger partial charge on any atom is -0.454 e. The van der Waals surface area contributed by atoms with Gasteiger partial charge in [-0.25, -0.2) is 9.97 Å². The quantitative estimate of drug-likeness (QED) is 0.580. The molecule has 2 saturated heterocycles. The van der Waals surface area contributed by atoms with Gasteiger partial charge in [0, 0.05) is 63.3 Å². The van der Waals surface area contributed by atoms with E-state index in [1.807, 2.05) is 12.1 Å². The molecule has 0 amide bonds. The Bertz CT molecular complexity index is 1140. The molecule has 9 heteroatoms. The SMILES string of the molecule is c1nc(Nc2ccc(N3CCOCC3)cc2)cc(N2CCN(Cc3ccc4c(c3)OCO4)CC2)n1. The lowest BCUT2D eigenvalue weighted by molar-refractivity contribution is 0.122. The van der Waals surface area contributed by atoms with Gasteiger partial charge in [0.05, 0.1) is 13.2 Å². The fraction of sp³-hybridized carbons (Fsp3) is 0.385. The first-order valence-electron chi connectivity index (χ1n) is 12.2. The number of ether oxygens (including phenoxy) is 3. The first kappa shape index (κ1) is 21.9. The number of morpholine rings is 1. The van der Waals surface area contributed by atoms with E-state index >= 15 is 0 Å². The number of piperazine rings is 1. The van der Waals surface area contributed by atoms with E-state index in [4.69, 9.17) is 14.2 Å². The predicted octanol–water partition coefficient (Wildman–Crippen LogP) is 3.11. The maximum absolute atomic E-state index is 5.51. The van der Waals surface area contributed by atoms with Crippen LogP contribution in [0.15, 0.2) is 54.9 Å².